The Morgan fingerprint density at radius 3 is 2.09 bits per heavy atom. The minimum Gasteiger partial charge on any atom is -0.497 e. The number of alkyl halides is 3. The smallest absolute Gasteiger partial charge is 0.416 e. The summed E-state index contributed by atoms with van der Waals surface area (Å²) in [5, 5.41) is 0. The van der Waals surface area contributed by atoms with E-state index in [-0.39, 0.29) is 6.04 Å². The molecular formula is C17H18F3NO. The second-order valence-corrected chi connectivity index (χ2v) is 5.11. The number of nitrogens with two attached hydrogens (primary N) is 1. The van der Waals surface area contributed by atoms with Crippen LogP contribution < -0.4 is 10.5 Å². The number of hydrogen-bond acceptors (Lipinski definition) is 2. The van der Waals surface area contributed by atoms with Crippen LogP contribution in [0, 0.1) is 0 Å². The van der Waals surface area contributed by atoms with Crippen molar-refractivity contribution in [3.8, 4) is 5.75 Å². The Balaban J connectivity index is 1.94. The molecule has 1 atom stereocenters. The third-order valence-corrected chi connectivity index (χ3v) is 3.57. The fourth-order valence-corrected chi connectivity index (χ4v) is 2.20. The Bertz CT molecular complexity index is 591. The zero-order chi connectivity index (χ0) is 16.2. The number of rotatable bonds is 5. The van der Waals surface area contributed by atoms with Crippen LogP contribution in [-0.4, -0.2) is 7.11 Å². The van der Waals surface area contributed by atoms with Crippen molar-refractivity contribution in [1.29, 1.82) is 0 Å². The average molecular weight is 309 g/mol. The topological polar surface area (TPSA) is 35.2 Å². The maximum Gasteiger partial charge on any atom is 0.416 e. The van der Waals surface area contributed by atoms with Crippen LogP contribution >= 0.6 is 0 Å². The second-order valence-electron chi connectivity index (χ2n) is 5.11. The number of hydrogen-bond donors (Lipinski definition) is 1. The van der Waals surface area contributed by atoms with Gasteiger partial charge in [-0.2, -0.15) is 13.2 Å². The standard InChI is InChI=1S/C17H18F3NO/c1-22-15-9-5-13(6-10-15)16(21)11-4-12-2-7-14(8-3-12)17(18,19)20/h2-3,5-10,16H,4,11,21H2,1H3. The van der Waals surface area contributed by atoms with Crippen molar-refractivity contribution in [2.24, 2.45) is 5.73 Å². The molecule has 0 amide bonds. The van der Waals surface area contributed by atoms with Crippen molar-refractivity contribution in [2.45, 2.75) is 25.1 Å². The van der Waals surface area contributed by atoms with E-state index in [1.807, 2.05) is 24.3 Å². The Morgan fingerprint density at radius 2 is 1.59 bits per heavy atom. The van der Waals surface area contributed by atoms with Gasteiger partial charge in [-0.25, -0.2) is 0 Å². The molecule has 0 aliphatic rings. The summed E-state index contributed by atoms with van der Waals surface area (Å²) in [6.07, 6.45) is -3.00. The summed E-state index contributed by atoms with van der Waals surface area (Å²) < 4.78 is 42.5. The van der Waals surface area contributed by atoms with E-state index in [1.54, 1.807) is 7.11 Å². The number of ether oxygens (including phenoxy) is 1. The third-order valence-electron chi connectivity index (χ3n) is 3.57. The van der Waals surface area contributed by atoms with Crippen LogP contribution in [0.3, 0.4) is 0 Å². The summed E-state index contributed by atoms with van der Waals surface area (Å²) in [5.74, 6) is 0.763. The minimum atomic E-state index is -4.29. The van der Waals surface area contributed by atoms with Crippen LogP contribution in [0.5, 0.6) is 5.75 Å². The summed E-state index contributed by atoms with van der Waals surface area (Å²) in [5.41, 5.74) is 7.31. The minimum absolute atomic E-state index is 0.159. The summed E-state index contributed by atoms with van der Waals surface area (Å²) >= 11 is 0. The largest absolute Gasteiger partial charge is 0.497 e. The van der Waals surface area contributed by atoms with E-state index in [1.165, 1.54) is 12.1 Å². The molecule has 0 aliphatic heterocycles. The highest BCUT2D eigenvalue weighted by Crippen LogP contribution is 2.29. The van der Waals surface area contributed by atoms with Crippen LogP contribution in [-0.2, 0) is 12.6 Å². The van der Waals surface area contributed by atoms with Crippen molar-refractivity contribution >= 4 is 0 Å². The maximum atomic E-state index is 12.5. The fourth-order valence-electron chi connectivity index (χ4n) is 2.20. The van der Waals surface area contributed by atoms with E-state index in [4.69, 9.17) is 10.5 Å². The quantitative estimate of drug-likeness (QED) is 0.891. The molecular weight excluding hydrogens is 291 g/mol. The second kappa shape index (κ2) is 6.83. The molecule has 0 fully saturated rings. The van der Waals surface area contributed by atoms with Gasteiger partial charge in [0.15, 0.2) is 0 Å². The maximum absolute atomic E-state index is 12.5. The van der Waals surface area contributed by atoms with Gasteiger partial charge in [0.2, 0.25) is 0 Å². The first-order valence-electron chi connectivity index (χ1n) is 6.96. The molecule has 5 heteroatoms. The summed E-state index contributed by atoms with van der Waals surface area (Å²) in [6, 6.07) is 12.5. The van der Waals surface area contributed by atoms with Gasteiger partial charge in [-0.15, -0.1) is 0 Å². The van der Waals surface area contributed by atoms with E-state index >= 15 is 0 Å². The van der Waals surface area contributed by atoms with E-state index < -0.39 is 11.7 Å². The molecule has 0 spiro atoms. The highest BCUT2D eigenvalue weighted by molar-refractivity contribution is 5.29. The molecule has 118 valence electrons. The lowest BCUT2D eigenvalue weighted by Crippen LogP contribution is -2.11. The first-order chi connectivity index (χ1) is 10.4. The van der Waals surface area contributed by atoms with Gasteiger partial charge in [-0.3, -0.25) is 0 Å². The number of aryl methyl sites for hydroxylation is 1. The summed E-state index contributed by atoms with van der Waals surface area (Å²) in [4.78, 5) is 0. The van der Waals surface area contributed by atoms with Crippen molar-refractivity contribution in [3.05, 3.63) is 65.2 Å². The first kappa shape index (κ1) is 16.4. The van der Waals surface area contributed by atoms with Gasteiger partial charge >= 0.3 is 6.18 Å². The van der Waals surface area contributed by atoms with Gasteiger partial charge in [0.1, 0.15) is 5.75 Å². The Kier molecular flexibility index (Phi) is 5.08. The molecule has 0 aliphatic carbocycles. The van der Waals surface area contributed by atoms with Crippen molar-refractivity contribution in [2.75, 3.05) is 7.11 Å². The van der Waals surface area contributed by atoms with Crippen molar-refractivity contribution in [3.63, 3.8) is 0 Å². The Labute approximate surface area is 127 Å². The Morgan fingerprint density at radius 1 is 1.00 bits per heavy atom. The molecule has 2 nitrogen and oxygen atoms in total. The van der Waals surface area contributed by atoms with Gasteiger partial charge in [0.25, 0.3) is 0 Å². The van der Waals surface area contributed by atoms with Gasteiger partial charge in [0.05, 0.1) is 12.7 Å². The van der Waals surface area contributed by atoms with E-state index in [0.29, 0.717) is 12.8 Å². The fraction of sp³-hybridized carbons (Fsp3) is 0.294. The predicted octanol–water partition coefficient (Wildman–Crippen LogP) is 4.35. The van der Waals surface area contributed by atoms with Gasteiger partial charge in [0, 0.05) is 6.04 Å². The molecule has 2 N–H and O–H groups in total. The lowest BCUT2D eigenvalue weighted by molar-refractivity contribution is -0.137. The molecule has 2 aromatic rings. The van der Waals surface area contributed by atoms with Crippen molar-refractivity contribution in [1.82, 2.24) is 0 Å². The monoisotopic (exact) mass is 309 g/mol. The zero-order valence-electron chi connectivity index (χ0n) is 12.2. The molecule has 0 saturated heterocycles. The SMILES string of the molecule is COc1ccc(C(N)CCc2ccc(C(F)(F)F)cc2)cc1. The molecule has 0 bridgehead atoms. The molecule has 0 radical (unpaired) electrons. The predicted molar refractivity (Wildman–Crippen MR) is 79.7 cm³/mol. The lowest BCUT2D eigenvalue weighted by atomic mass is 9.99. The molecule has 2 aromatic carbocycles. The first-order valence-corrected chi connectivity index (χ1v) is 6.96. The molecule has 0 heterocycles. The lowest BCUT2D eigenvalue weighted by Gasteiger charge is -2.13. The van der Waals surface area contributed by atoms with Crippen LogP contribution in [0.2, 0.25) is 0 Å². The van der Waals surface area contributed by atoms with Crippen LogP contribution in [0.15, 0.2) is 48.5 Å². The molecule has 0 aromatic heterocycles. The third kappa shape index (κ3) is 4.24. The van der Waals surface area contributed by atoms with Gasteiger partial charge in [-0.05, 0) is 48.2 Å². The van der Waals surface area contributed by atoms with E-state index in [0.717, 1.165) is 29.0 Å². The van der Waals surface area contributed by atoms with Gasteiger partial charge < -0.3 is 10.5 Å². The Hall–Kier alpha value is -2.01. The van der Waals surface area contributed by atoms with Crippen LogP contribution in [0.4, 0.5) is 13.2 Å². The zero-order valence-corrected chi connectivity index (χ0v) is 12.2. The molecule has 0 saturated carbocycles. The summed E-state index contributed by atoms with van der Waals surface area (Å²) in [7, 11) is 1.60. The molecule has 2 rings (SSSR count). The number of benzene rings is 2. The summed E-state index contributed by atoms with van der Waals surface area (Å²) in [6.45, 7) is 0. The van der Waals surface area contributed by atoms with Gasteiger partial charge in [-0.1, -0.05) is 24.3 Å². The van der Waals surface area contributed by atoms with Crippen LogP contribution in [0.25, 0.3) is 0 Å². The number of halogens is 3. The average Bonchev–Trinajstić information content (AvgIpc) is 2.52. The van der Waals surface area contributed by atoms with Crippen LogP contribution in [0.1, 0.15) is 29.2 Å². The highest BCUT2D eigenvalue weighted by atomic mass is 19.4. The molecule has 22 heavy (non-hydrogen) atoms. The van der Waals surface area contributed by atoms with E-state index in [9.17, 15) is 13.2 Å². The number of methoxy groups -OCH3 is 1. The normalized spacial score (nSPS) is 13.0. The highest BCUT2D eigenvalue weighted by Gasteiger charge is 2.29. The molecule has 1 unspecified atom stereocenters. The van der Waals surface area contributed by atoms with Crippen molar-refractivity contribution < 1.29 is 17.9 Å². The van der Waals surface area contributed by atoms with E-state index in [2.05, 4.69) is 0 Å².